The molecule has 0 bridgehead atoms. The summed E-state index contributed by atoms with van der Waals surface area (Å²) in [7, 11) is 0. The van der Waals surface area contributed by atoms with Crippen LogP contribution in [0.2, 0.25) is 15.1 Å². The van der Waals surface area contributed by atoms with E-state index in [0.29, 0.717) is 17.0 Å². The molecule has 0 aliphatic carbocycles. The maximum absolute atomic E-state index is 12.1. The van der Waals surface area contributed by atoms with Gasteiger partial charge in [0.2, 0.25) is 0 Å². The van der Waals surface area contributed by atoms with Crippen LogP contribution < -0.4 is 15.5 Å². The molecule has 2 aromatic carbocycles. The monoisotopic (exact) mass is 479 g/mol. The third-order valence-corrected chi connectivity index (χ3v) is 4.98. The Morgan fingerprint density at radius 1 is 1.03 bits per heavy atom. The van der Waals surface area contributed by atoms with Gasteiger partial charge in [-0.2, -0.15) is 5.10 Å². The molecule has 1 aromatic heterocycles. The van der Waals surface area contributed by atoms with Gasteiger partial charge in [-0.05, 0) is 42.8 Å². The molecule has 1 heterocycles. The lowest BCUT2D eigenvalue weighted by Gasteiger charge is -2.09. The molecule has 0 aliphatic rings. The fourth-order valence-corrected chi connectivity index (χ4v) is 3.02. The average Bonchev–Trinajstić information content (AvgIpc) is 3.29. The molecule has 10 heteroatoms. The zero-order valence-electron chi connectivity index (χ0n) is 16.1. The van der Waals surface area contributed by atoms with Crippen molar-refractivity contribution in [3.05, 3.63) is 81.2 Å². The van der Waals surface area contributed by atoms with Gasteiger partial charge in [0.05, 0.1) is 27.0 Å². The molecular formula is C21H16Cl3N3O4. The van der Waals surface area contributed by atoms with Crippen molar-refractivity contribution in [3.8, 4) is 5.75 Å². The van der Waals surface area contributed by atoms with Gasteiger partial charge in [0, 0.05) is 11.8 Å². The summed E-state index contributed by atoms with van der Waals surface area (Å²) in [5, 5.41) is 7.56. The van der Waals surface area contributed by atoms with Crippen molar-refractivity contribution in [1.82, 2.24) is 5.43 Å². The first-order valence-corrected chi connectivity index (χ1v) is 10.0. The summed E-state index contributed by atoms with van der Waals surface area (Å²) >= 11 is 17.8. The molecule has 0 fully saturated rings. The van der Waals surface area contributed by atoms with Gasteiger partial charge in [-0.3, -0.25) is 9.59 Å². The maximum Gasteiger partial charge on any atom is 0.291 e. The van der Waals surface area contributed by atoms with E-state index in [1.807, 2.05) is 0 Å². The van der Waals surface area contributed by atoms with E-state index < -0.39 is 5.91 Å². The Morgan fingerprint density at radius 2 is 1.81 bits per heavy atom. The van der Waals surface area contributed by atoms with E-state index in [9.17, 15) is 9.59 Å². The van der Waals surface area contributed by atoms with Crippen LogP contribution in [-0.2, 0) is 4.79 Å². The van der Waals surface area contributed by atoms with Gasteiger partial charge in [-0.1, -0.05) is 46.9 Å². The molecule has 160 valence electrons. The Morgan fingerprint density at radius 3 is 2.55 bits per heavy atom. The molecular weight excluding hydrogens is 465 g/mol. The van der Waals surface area contributed by atoms with Crippen LogP contribution in [0.1, 0.15) is 23.0 Å². The Kier molecular flexibility index (Phi) is 7.57. The van der Waals surface area contributed by atoms with E-state index >= 15 is 0 Å². The molecule has 3 aromatic rings. The number of furan rings is 1. The van der Waals surface area contributed by atoms with E-state index in [0.717, 1.165) is 0 Å². The molecule has 7 nitrogen and oxygen atoms in total. The number of hydrazone groups is 1. The molecule has 0 radical (unpaired) electrons. The second kappa shape index (κ2) is 10.3. The van der Waals surface area contributed by atoms with Gasteiger partial charge in [0.15, 0.2) is 12.4 Å². The van der Waals surface area contributed by atoms with E-state index in [2.05, 4.69) is 15.8 Å². The maximum atomic E-state index is 12.1. The molecule has 31 heavy (non-hydrogen) atoms. The predicted molar refractivity (Wildman–Crippen MR) is 120 cm³/mol. The number of hydrogen-bond donors (Lipinski definition) is 2. The highest BCUT2D eigenvalue weighted by atomic mass is 35.5. The van der Waals surface area contributed by atoms with E-state index in [4.69, 9.17) is 44.0 Å². The third-order valence-electron chi connectivity index (χ3n) is 3.97. The summed E-state index contributed by atoms with van der Waals surface area (Å²) in [5.41, 5.74) is 4.18. The van der Waals surface area contributed by atoms with Gasteiger partial charge in [-0.25, -0.2) is 5.43 Å². The van der Waals surface area contributed by atoms with Gasteiger partial charge >= 0.3 is 0 Å². The highest BCUT2D eigenvalue weighted by Crippen LogP contribution is 2.33. The number of benzene rings is 2. The Labute approximate surface area is 192 Å². The number of halogens is 3. The summed E-state index contributed by atoms with van der Waals surface area (Å²) < 4.78 is 10.4. The zero-order valence-corrected chi connectivity index (χ0v) is 18.4. The molecule has 0 unspecified atom stereocenters. The third kappa shape index (κ3) is 6.24. The largest absolute Gasteiger partial charge is 0.482 e. The Bertz CT molecular complexity index is 1130. The van der Waals surface area contributed by atoms with Crippen LogP contribution in [0.5, 0.6) is 5.75 Å². The molecule has 2 N–H and O–H groups in total. The first kappa shape index (κ1) is 22.7. The molecule has 0 aliphatic heterocycles. The van der Waals surface area contributed by atoms with Crippen LogP contribution >= 0.6 is 34.8 Å². The fraction of sp³-hybridized carbons (Fsp3) is 0.0952. The van der Waals surface area contributed by atoms with Crippen LogP contribution in [0.25, 0.3) is 0 Å². The van der Waals surface area contributed by atoms with Crippen molar-refractivity contribution in [3.63, 3.8) is 0 Å². The molecule has 0 saturated heterocycles. The topological polar surface area (TPSA) is 92.9 Å². The molecule has 0 saturated carbocycles. The van der Waals surface area contributed by atoms with Crippen LogP contribution in [0, 0.1) is 0 Å². The number of carbonyl (C=O) groups excluding carboxylic acids is 2. The highest BCUT2D eigenvalue weighted by molar-refractivity contribution is 6.43. The minimum Gasteiger partial charge on any atom is -0.482 e. The summed E-state index contributed by atoms with van der Waals surface area (Å²) in [5.74, 6) is -0.441. The number of nitrogens with zero attached hydrogens (tertiary/aromatic N) is 1. The number of hydrogen-bond acceptors (Lipinski definition) is 5. The first-order chi connectivity index (χ1) is 14.8. The Hall–Kier alpha value is -3.00. The quantitative estimate of drug-likeness (QED) is 0.269. The summed E-state index contributed by atoms with van der Waals surface area (Å²) in [6.45, 7) is 1.39. The van der Waals surface area contributed by atoms with Crippen molar-refractivity contribution >= 4 is 58.0 Å². The minimum absolute atomic E-state index is 0.199. The molecule has 0 atom stereocenters. The van der Waals surface area contributed by atoms with Crippen LogP contribution in [0.3, 0.4) is 0 Å². The lowest BCUT2D eigenvalue weighted by molar-refractivity contribution is -0.123. The van der Waals surface area contributed by atoms with Crippen molar-refractivity contribution in [2.75, 3.05) is 11.9 Å². The zero-order chi connectivity index (χ0) is 22.4. The summed E-state index contributed by atoms with van der Waals surface area (Å²) in [6.07, 6.45) is 1.42. The summed E-state index contributed by atoms with van der Waals surface area (Å²) in [6, 6.07) is 13.0. The second-order valence-corrected chi connectivity index (χ2v) is 7.45. The van der Waals surface area contributed by atoms with Crippen LogP contribution in [0.4, 0.5) is 5.69 Å². The number of rotatable bonds is 7. The number of carbonyl (C=O) groups is 2. The van der Waals surface area contributed by atoms with E-state index in [-0.39, 0.29) is 39.1 Å². The average molecular weight is 481 g/mol. The molecule has 0 spiro atoms. The van der Waals surface area contributed by atoms with Crippen molar-refractivity contribution < 1.29 is 18.7 Å². The van der Waals surface area contributed by atoms with Crippen molar-refractivity contribution in [1.29, 1.82) is 0 Å². The number of anilines is 1. The standard InChI is InChI=1S/C21H16Cl3N3O4/c1-12(13-4-2-5-14(8-13)25-21(29)18-6-3-7-30-18)26-27-20(28)11-31-19-10-16(23)15(22)9-17(19)24/h2-10H,11H2,1H3,(H,25,29)(H,27,28). The minimum atomic E-state index is -0.497. The van der Waals surface area contributed by atoms with Crippen molar-refractivity contribution in [2.45, 2.75) is 6.92 Å². The van der Waals surface area contributed by atoms with Gasteiger partial charge < -0.3 is 14.5 Å². The number of ether oxygens (including phenoxy) is 1. The number of amides is 2. The van der Waals surface area contributed by atoms with Crippen molar-refractivity contribution in [2.24, 2.45) is 5.10 Å². The normalized spacial score (nSPS) is 11.2. The lowest BCUT2D eigenvalue weighted by Crippen LogP contribution is -2.25. The summed E-state index contributed by atoms with van der Waals surface area (Å²) in [4.78, 5) is 24.1. The molecule has 3 rings (SSSR count). The fourth-order valence-electron chi connectivity index (χ4n) is 2.42. The van der Waals surface area contributed by atoms with Crippen LogP contribution in [-0.4, -0.2) is 24.1 Å². The Balaban J connectivity index is 1.58. The number of nitrogens with one attached hydrogen (secondary N) is 2. The lowest BCUT2D eigenvalue weighted by atomic mass is 10.1. The van der Waals surface area contributed by atoms with Gasteiger partial charge in [0.25, 0.3) is 11.8 Å². The first-order valence-electron chi connectivity index (χ1n) is 8.89. The second-order valence-electron chi connectivity index (χ2n) is 6.23. The predicted octanol–water partition coefficient (Wildman–Crippen LogP) is 5.41. The smallest absolute Gasteiger partial charge is 0.291 e. The van der Waals surface area contributed by atoms with Gasteiger partial charge in [0.1, 0.15) is 5.75 Å². The molecule has 2 amide bonds. The van der Waals surface area contributed by atoms with Crippen LogP contribution in [0.15, 0.2) is 64.3 Å². The van der Waals surface area contributed by atoms with Gasteiger partial charge in [-0.15, -0.1) is 0 Å². The van der Waals surface area contributed by atoms with E-state index in [1.54, 1.807) is 43.3 Å². The SMILES string of the molecule is CC(=NNC(=O)COc1cc(Cl)c(Cl)cc1Cl)c1cccc(NC(=O)c2ccco2)c1. The van der Waals surface area contributed by atoms with E-state index in [1.165, 1.54) is 18.4 Å². The highest BCUT2D eigenvalue weighted by Gasteiger charge is 2.11.